The Morgan fingerprint density at radius 3 is 2.67 bits per heavy atom. The van der Waals surface area contributed by atoms with Gasteiger partial charge in [0, 0.05) is 20.8 Å². The summed E-state index contributed by atoms with van der Waals surface area (Å²) in [5.41, 5.74) is 1.99. The highest BCUT2D eigenvalue weighted by molar-refractivity contribution is 9.10. The number of carboxylic acid groups (broad SMARTS) is 1. The fourth-order valence-electron chi connectivity index (χ4n) is 1.72. The third-order valence-electron chi connectivity index (χ3n) is 2.66. The van der Waals surface area contributed by atoms with Crippen molar-refractivity contribution in [2.45, 2.75) is 13.3 Å². The summed E-state index contributed by atoms with van der Waals surface area (Å²) in [6.07, 6.45) is 0.635. The Morgan fingerprint density at radius 2 is 2.11 bits per heavy atom. The van der Waals surface area contributed by atoms with Gasteiger partial charge >= 0.3 is 5.97 Å². The van der Waals surface area contributed by atoms with Crippen molar-refractivity contribution in [1.82, 2.24) is 0 Å². The topological polar surface area (TPSA) is 37.3 Å². The molecule has 0 unspecified atom stereocenters. The molecule has 2 nitrogen and oxygen atoms in total. The van der Waals surface area contributed by atoms with E-state index in [1.54, 1.807) is 0 Å². The van der Waals surface area contributed by atoms with Crippen LogP contribution in [-0.4, -0.2) is 11.1 Å². The highest BCUT2D eigenvalue weighted by atomic mass is 79.9. The molecule has 1 heterocycles. The number of aryl methyl sites for hydroxylation is 1. The van der Waals surface area contributed by atoms with Gasteiger partial charge < -0.3 is 5.11 Å². The smallest absolute Gasteiger partial charge is 0.347 e. The van der Waals surface area contributed by atoms with Gasteiger partial charge in [0.15, 0.2) is 0 Å². The molecule has 1 aromatic heterocycles. The van der Waals surface area contributed by atoms with Gasteiger partial charge in [-0.3, -0.25) is 0 Å². The van der Waals surface area contributed by atoms with Crippen LogP contribution in [0.25, 0.3) is 0 Å². The van der Waals surface area contributed by atoms with Gasteiger partial charge in [-0.05, 0) is 40.0 Å². The summed E-state index contributed by atoms with van der Waals surface area (Å²) in [5, 5.41) is 9.78. The van der Waals surface area contributed by atoms with Crippen molar-refractivity contribution in [3.8, 4) is 0 Å². The average Bonchev–Trinajstić information content (AvgIpc) is 2.60. The van der Waals surface area contributed by atoms with E-state index in [1.165, 1.54) is 11.3 Å². The fraction of sp³-hybridized carbons (Fsp3) is 0.154. The molecule has 18 heavy (non-hydrogen) atoms. The van der Waals surface area contributed by atoms with E-state index in [4.69, 9.17) is 16.7 Å². The van der Waals surface area contributed by atoms with Gasteiger partial charge in [-0.2, -0.15) is 0 Å². The normalized spacial score (nSPS) is 10.6. The molecule has 5 heteroatoms. The van der Waals surface area contributed by atoms with E-state index < -0.39 is 5.97 Å². The lowest BCUT2D eigenvalue weighted by Crippen LogP contribution is -1.94. The maximum absolute atomic E-state index is 11.1. The summed E-state index contributed by atoms with van der Waals surface area (Å²) in [6, 6.07) is 7.59. The summed E-state index contributed by atoms with van der Waals surface area (Å²) < 4.78 is 0.664. The number of hydrogen-bond donors (Lipinski definition) is 1. The number of carboxylic acids is 1. The molecular formula is C13H10BrClO2S. The van der Waals surface area contributed by atoms with Crippen LogP contribution in [0.15, 0.2) is 28.7 Å². The van der Waals surface area contributed by atoms with Crippen LogP contribution in [0.3, 0.4) is 0 Å². The Kier molecular flexibility index (Phi) is 4.10. The average molecular weight is 346 g/mol. The quantitative estimate of drug-likeness (QED) is 0.870. The third kappa shape index (κ3) is 2.60. The summed E-state index contributed by atoms with van der Waals surface area (Å²) in [7, 11) is 0. The van der Waals surface area contributed by atoms with E-state index in [-0.39, 0.29) is 0 Å². The first-order chi connectivity index (χ1) is 8.50. The zero-order chi connectivity index (χ0) is 13.3. The minimum Gasteiger partial charge on any atom is -0.477 e. The Balaban J connectivity index is 2.41. The number of carbonyl (C=O) groups is 1. The standard InChI is InChI=1S/C13H10BrClO2S/c1-7-9(11(14)12(18-7)13(16)17)6-8-4-2-3-5-10(8)15/h2-5H,6H2,1H3,(H,16,17). The second-order valence-corrected chi connectivity index (χ2v) is 6.28. The van der Waals surface area contributed by atoms with E-state index in [0.29, 0.717) is 20.8 Å². The zero-order valence-electron chi connectivity index (χ0n) is 9.54. The molecule has 0 aliphatic carbocycles. The first-order valence-electron chi connectivity index (χ1n) is 5.25. The molecule has 0 bridgehead atoms. The van der Waals surface area contributed by atoms with Crippen LogP contribution in [0, 0.1) is 6.92 Å². The number of aromatic carboxylic acids is 1. The van der Waals surface area contributed by atoms with Crippen LogP contribution >= 0.6 is 38.9 Å². The van der Waals surface area contributed by atoms with Crippen molar-refractivity contribution in [2.24, 2.45) is 0 Å². The van der Waals surface area contributed by atoms with Crippen molar-refractivity contribution in [3.63, 3.8) is 0 Å². The SMILES string of the molecule is Cc1sc(C(=O)O)c(Br)c1Cc1ccccc1Cl. The monoisotopic (exact) mass is 344 g/mol. The minimum atomic E-state index is -0.902. The Labute approximate surface area is 122 Å². The van der Waals surface area contributed by atoms with E-state index in [9.17, 15) is 4.79 Å². The van der Waals surface area contributed by atoms with Crippen LogP contribution in [0.2, 0.25) is 5.02 Å². The van der Waals surface area contributed by atoms with Gasteiger partial charge in [0.2, 0.25) is 0 Å². The minimum absolute atomic E-state index is 0.342. The van der Waals surface area contributed by atoms with E-state index in [0.717, 1.165) is 16.0 Å². The van der Waals surface area contributed by atoms with Gasteiger partial charge in [0.05, 0.1) is 0 Å². The molecule has 0 aliphatic rings. The molecule has 0 radical (unpaired) electrons. The van der Waals surface area contributed by atoms with Gasteiger partial charge in [-0.1, -0.05) is 29.8 Å². The highest BCUT2D eigenvalue weighted by Crippen LogP contribution is 2.35. The van der Waals surface area contributed by atoms with Gasteiger partial charge in [0.1, 0.15) is 4.88 Å². The Morgan fingerprint density at radius 1 is 1.44 bits per heavy atom. The van der Waals surface area contributed by atoms with Crippen molar-refractivity contribution >= 4 is 44.8 Å². The lowest BCUT2D eigenvalue weighted by Gasteiger charge is -2.04. The van der Waals surface area contributed by atoms with Crippen LogP contribution in [0.4, 0.5) is 0 Å². The molecule has 0 saturated carbocycles. The molecule has 2 aromatic rings. The maximum Gasteiger partial charge on any atom is 0.347 e. The van der Waals surface area contributed by atoms with Crippen LogP contribution in [0.1, 0.15) is 25.7 Å². The summed E-state index contributed by atoms with van der Waals surface area (Å²) in [5.74, 6) is -0.902. The lowest BCUT2D eigenvalue weighted by atomic mass is 10.1. The van der Waals surface area contributed by atoms with Gasteiger partial charge in [0.25, 0.3) is 0 Å². The first-order valence-corrected chi connectivity index (χ1v) is 7.24. The first kappa shape index (κ1) is 13.6. The second-order valence-electron chi connectivity index (χ2n) is 3.85. The number of thiophene rings is 1. The predicted molar refractivity (Wildman–Crippen MR) is 78.0 cm³/mol. The predicted octanol–water partition coefficient (Wildman–Crippen LogP) is 4.76. The largest absolute Gasteiger partial charge is 0.477 e. The van der Waals surface area contributed by atoms with Crippen molar-refractivity contribution in [3.05, 3.63) is 54.6 Å². The van der Waals surface area contributed by atoms with Crippen molar-refractivity contribution in [1.29, 1.82) is 0 Å². The highest BCUT2D eigenvalue weighted by Gasteiger charge is 2.19. The maximum atomic E-state index is 11.1. The molecule has 1 aromatic carbocycles. The second kappa shape index (κ2) is 5.43. The molecule has 94 valence electrons. The van der Waals surface area contributed by atoms with E-state index in [2.05, 4.69) is 15.9 Å². The lowest BCUT2D eigenvalue weighted by molar-refractivity contribution is 0.0701. The molecule has 0 fully saturated rings. The molecule has 2 rings (SSSR count). The summed E-state index contributed by atoms with van der Waals surface area (Å²) in [6.45, 7) is 1.92. The molecule has 0 atom stereocenters. The molecule has 1 N–H and O–H groups in total. The number of halogens is 2. The Hall–Kier alpha value is -0.840. The van der Waals surface area contributed by atoms with Crippen LogP contribution < -0.4 is 0 Å². The van der Waals surface area contributed by atoms with Gasteiger partial charge in [-0.25, -0.2) is 4.79 Å². The number of rotatable bonds is 3. The van der Waals surface area contributed by atoms with E-state index in [1.807, 2.05) is 31.2 Å². The summed E-state index contributed by atoms with van der Waals surface area (Å²) in [4.78, 5) is 12.4. The van der Waals surface area contributed by atoms with Crippen molar-refractivity contribution in [2.75, 3.05) is 0 Å². The summed E-state index contributed by atoms with van der Waals surface area (Å²) >= 11 is 10.8. The van der Waals surface area contributed by atoms with Gasteiger partial charge in [-0.15, -0.1) is 11.3 Å². The van der Waals surface area contributed by atoms with Crippen LogP contribution in [0.5, 0.6) is 0 Å². The zero-order valence-corrected chi connectivity index (χ0v) is 12.7. The van der Waals surface area contributed by atoms with Crippen molar-refractivity contribution < 1.29 is 9.90 Å². The molecule has 0 saturated heterocycles. The molecular weight excluding hydrogens is 336 g/mol. The Bertz CT molecular complexity index is 607. The third-order valence-corrected chi connectivity index (χ3v) is 5.31. The fourth-order valence-corrected chi connectivity index (χ4v) is 3.81. The molecule has 0 aliphatic heterocycles. The van der Waals surface area contributed by atoms with E-state index >= 15 is 0 Å². The molecule has 0 amide bonds. The molecule has 0 spiro atoms. The van der Waals surface area contributed by atoms with Crippen LogP contribution in [-0.2, 0) is 6.42 Å². The number of benzene rings is 1. The number of hydrogen-bond acceptors (Lipinski definition) is 2.